The monoisotopic (exact) mass is 357 g/mol. The standard InChI is InChI=1S/C17H24ClN3O.ClH/c18-14-5-4-6-15(13-14)20-9-11-21(12-10-20)16(22)17(19)7-2-1-3-8-17;/h4-6,13H,1-3,7-12,19H2;1H. The molecule has 4 nitrogen and oxygen atoms in total. The van der Waals surface area contributed by atoms with E-state index in [0.717, 1.165) is 62.6 Å². The van der Waals surface area contributed by atoms with Crippen molar-refractivity contribution in [3.63, 3.8) is 0 Å². The van der Waals surface area contributed by atoms with Crippen LogP contribution in [-0.2, 0) is 4.79 Å². The number of anilines is 1. The minimum absolute atomic E-state index is 0. The zero-order chi connectivity index (χ0) is 15.6. The maximum absolute atomic E-state index is 12.7. The number of carbonyl (C=O) groups is 1. The van der Waals surface area contributed by atoms with Gasteiger partial charge in [-0.2, -0.15) is 0 Å². The summed E-state index contributed by atoms with van der Waals surface area (Å²) in [6.07, 6.45) is 5.02. The summed E-state index contributed by atoms with van der Waals surface area (Å²) >= 11 is 6.06. The topological polar surface area (TPSA) is 49.6 Å². The third-order valence-electron chi connectivity index (χ3n) is 4.91. The lowest BCUT2D eigenvalue weighted by atomic mass is 9.81. The third kappa shape index (κ3) is 4.11. The van der Waals surface area contributed by atoms with Crippen LogP contribution in [0.4, 0.5) is 5.69 Å². The molecule has 0 atom stereocenters. The quantitative estimate of drug-likeness (QED) is 0.884. The second kappa shape index (κ2) is 7.73. The number of halogens is 2. The molecule has 2 fully saturated rings. The molecule has 1 saturated heterocycles. The summed E-state index contributed by atoms with van der Waals surface area (Å²) in [5, 5.41) is 0.749. The normalized spacial score (nSPS) is 20.8. The largest absolute Gasteiger partial charge is 0.368 e. The predicted octanol–water partition coefficient (Wildman–Crippen LogP) is 3.07. The SMILES string of the molecule is Cl.NC1(C(=O)N2CCN(c3cccc(Cl)c3)CC2)CCCCC1. The maximum Gasteiger partial charge on any atom is 0.242 e. The highest BCUT2D eigenvalue weighted by molar-refractivity contribution is 6.30. The molecule has 1 heterocycles. The molecular weight excluding hydrogens is 333 g/mol. The fraction of sp³-hybridized carbons (Fsp3) is 0.588. The lowest BCUT2D eigenvalue weighted by Gasteiger charge is -2.41. The van der Waals surface area contributed by atoms with Gasteiger partial charge in [0.2, 0.25) is 5.91 Å². The van der Waals surface area contributed by atoms with E-state index < -0.39 is 5.54 Å². The van der Waals surface area contributed by atoms with E-state index in [1.54, 1.807) is 0 Å². The van der Waals surface area contributed by atoms with Gasteiger partial charge in [-0.1, -0.05) is 36.9 Å². The summed E-state index contributed by atoms with van der Waals surface area (Å²) in [5.74, 6) is 0.151. The second-order valence-corrected chi connectivity index (χ2v) is 6.91. The van der Waals surface area contributed by atoms with E-state index in [9.17, 15) is 4.79 Å². The van der Waals surface area contributed by atoms with Gasteiger partial charge in [0.15, 0.2) is 0 Å². The van der Waals surface area contributed by atoms with Gasteiger partial charge in [-0.05, 0) is 31.0 Å². The predicted molar refractivity (Wildman–Crippen MR) is 97.5 cm³/mol. The number of piperazine rings is 1. The number of rotatable bonds is 2. The van der Waals surface area contributed by atoms with Gasteiger partial charge in [0.25, 0.3) is 0 Å². The molecule has 0 bridgehead atoms. The molecule has 6 heteroatoms. The van der Waals surface area contributed by atoms with E-state index >= 15 is 0 Å². The van der Waals surface area contributed by atoms with Crippen LogP contribution in [-0.4, -0.2) is 42.5 Å². The van der Waals surface area contributed by atoms with E-state index in [0.29, 0.717) is 0 Å². The van der Waals surface area contributed by atoms with E-state index in [1.807, 2.05) is 23.1 Å². The molecule has 0 aromatic heterocycles. The first-order chi connectivity index (χ1) is 10.6. The van der Waals surface area contributed by atoms with Crippen LogP contribution in [0.2, 0.25) is 5.02 Å². The molecule has 1 amide bonds. The summed E-state index contributed by atoms with van der Waals surface area (Å²) in [5.41, 5.74) is 6.89. The lowest BCUT2D eigenvalue weighted by Crippen LogP contribution is -2.60. The Labute approximate surface area is 149 Å². The van der Waals surface area contributed by atoms with E-state index in [4.69, 9.17) is 17.3 Å². The molecule has 2 aliphatic rings. The number of hydrogen-bond acceptors (Lipinski definition) is 3. The van der Waals surface area contributed by atoms with E-state index in [2.05, 4.69) is 11.0 Å². The van der Waals surface area contributed by atoms with Crippen molar-refractivity contribution < 1.29 is 4.79 Å². The van der Waals surface area contributed by atoms with Crippen molar-refractivity contribution in [1.29, 1.82) is 0 Å². The van der Waals surface area contributed by atoms with Crippen LogP contribution in [0.5, 0.6) is 0 Å². The smallest absolute Gasteiger partial charge is 0.242 e. The molecule has 23 heavy (non-hydrogen) atoms. The van der Waals surface area contributed by atoms with Crippen molar-refractivity contribution in [2.45, 2.75) is 37.6 Å². The number of nitrogens with two attached hydrogens (primary N) is 1. The minimum Gasteiger partial charge on any atom is -0.368 e. The third-order valence-corrected chi connectivity index (χ3v) is 5.15. The summed E-state index contributed by atoms with van der Waals surface area (Å²) in [7, 11) is 0. The molecule has 0 spiro atoms. The Balaban J connectivity index is 0.00000192. The maximum atomic E-state index is 12.7. The van der Waals surface area contributed by atoms with E-state index in [-0.39, 0.29) is 18.3 Å². The van der Waals surface area contributed by atoms with Crippen molar-refractivity contribution in [3.05, 3.63) is 29.3 Å². The molecule has 3 rings (SSSR count). The first kappa shape index (κ1) is 18.4. The highest BCUT2D eigenvalue weighted by atomic mass is 35.5. The Morgan fingerprint density at radius 2 is 1.74 bits per heavy atom. The van der Waals surface area contributed by atoms with Crippen molar-refractivity contribution in [2.75, 3.05) is 31.1 Å². The Hall–Kier alpha value is -0.970. The average molecular weight is 358 g/mol. The van der Waals surface area contributed by atoms with Gasteiger partial charge < -0.3 is 15.5 Å². The first-order valence-electron chi connectivity index (χ1n) is 8.17. The Morgan fingerprint density at radius 3 is 2.35 bits per heavy atom. The molecule has 1 saturated carbocycles. The lowest BCUT2D eigenvalue weighted by molar-refractivity contribution is -0.138. The van der Waals surface area contributed by atoms with Crippen LogP contribution in [0.1, 0.15) is 32.1 Å². The van der Waals surface area contributed by atoms with E-state index in [1.165, 1.54) is 6.42 Å². The number of nitrogens with zero attached hydrogens (tertiary/aromatic N) is 2. The van der Waals surface area contributed by atoms with Gasteiger partial charge in [-0.3, -0.25) is 4.79 Å². The average Bonchev–Trinajstić information content (AvgIpc) is 2.55. The van der Waals surface area contributed by atoms with Gasteiger partial charge in [0.1, 0.15) is 0 Å². The van der Waals surface area contributed by atoms with Crippen molar-refractivity contribution >= 4 is 35.6 Å². The molecule has 1 aliphatic carbocycles. The summed E-state index contributed by atoms with van der Waals surface area (Å²) in [6, 6.07) is 7.89. The molecule has 0 unspecified atom stereocenters. The highest BCUT2D eigenvalue weighted by Gasteiger charge is 2.39. The number of benzene rings is 1. The van der Waals surface area contributed by atoms with Gasteiger partial charge in [0, 0.05) is 36.9 Å². The van der Waals surface area contributed by atoms with Gasteiger partial charge >= 0.3 is 0 Å². The van der Waals surface area contributed by atoms with Crippen LogP contribution < -0.4 is 10.6 Å². The van der Waals surface area contributed by atoms with Crippen molar-refractivity contribution in [3.8, 4) is 0 Å². The Morgan fingerprint density at radius 1 is 1.09 bits per heavy atom. The summed E-state index contributed by atoms with van der Waals surface area (Å²) in [4.78, 5) is 17.0. The fourth-order valence-electron chi connectivity index (χ4n) is 3.55. The first-order valence-corrected chi connectivity index (χ1v) is 8.55. The Kier molecular flexibility index (Phi) is 6.18. The van der Waals surface area contributed by atoms with Crippen LogP contribution in [0.15, 0.2) is 24.3 Å². The van der Waals surface area contributed by atoms with Crippen LogP contribution in [0.25, 0.3) is 0 Å². The molecule has 0 radical (unpaired) electrons. The van der Waals surface area contributed by atoms with Crippen LogP contribution in [0.3, 0.4) is 0 Å². The van der Waals surface area contributed by atoms with Crippen LogP contribution >= 0.6 is 24.0 Å². The van der Waals surface area contributed by atoms with Gasteiger partial charge in [-0.15, -0.1) is 12.4 Å². The molecule has 1 aliphatic heterocycles. The van der Waals surface area contributed by atoms with Gasteiger partial charge in [0.05, 0.1) is 5.54 Å². The fourth-order valence-corrected chi connectivity index (χ4v) is 3.74. The summed E-state index contributed by atoms with van der Waals surface area (Å²) in [6.45, 7) is 3.15. The van der Waals surface area contributed by atoms with Crippen molar-refractivity contribution in [1.82, 2.24) is 4.90 Å². The number of amides is 1. The molecule has 1 aromatic carbocycles. The molecule has 1 aromatic rings. The van der Waals surface area contributed by atoms with Crippen LogP contribution in [0, 0.1) is 0 Å². The number of hydrogen-bond donors (Lipinski definition) is 1. The van der Waals surface area contributed by atoms with Gasteiger partial charge in [-0.25, -0.2) is 0 Å². The molecule has 128 valence electrons. The zero-order valence-corrected chi connectivity index (χ0v) is 14.9. The minimum atomic E-state index is -0.615. The zero-order valence-electron chi connectivity index (χ0n) is 13.3. The molecular formula is C17H25Cl2N3O. The number of carbonyl (C=O) groups excluding carboxylic acids is 1. The highest BCUT2D eigenvalue weighted by Crippen LogP contribution is 2.28. The summed E-state index contributed by atoms with van der Waals surface area (Å²) < 4.78 is 0. The molecule has 2 N–H and O–H groups in total. The Bertz CT molecular complexity index is 538. The van der Waals surface area contributed by atoms with Crippen molar-refractivity contribution in [2.24, 2.45) is 5.73 Å². The second-order valence-electron chi connectivity index (χ2n) is 6.48.